The molecular weight excluding hydrogens is 304 g/mol. The van der Waals surface area contributed by atoms with Gasteiger partial charge in [0.1, 0.15) is 12.4 Å². The standard InChI is InChI=1S/C18H24N4O2/c1-14(24-16-11-7-2-3-8-12-16)17(23)20-18-21-19-13-22(18)15-9-5-4-6-10-15/h4-6,9-10,13-14,16H,2-3,7-8,11-12H2,1H3,(H,20,21,23)/t14-/m1/s1. The zero-order valence-electron chi connectivity index (χ0n) is 14.0. The van der Waals surface area contributed by atoms with Crippen LogP contribution < -0.4 is 5.32 Å². The quantitative estimate of drug-likeness (QED) is 0.855. The number of anilines is 1. The van der Waals surface area contributed by atoms with Crippen LogP contribution in [0, 0.1) is 0 Å². The maximum atomic E-state index is 12.4. The summed E-state index contributed by atoms with van der Waals surface area (Å²) in [5.41, 5.74) is 0.898. The molecule has 1 N–H and O–H groups in total. The van der Waals surface area contributed by atoms with Gasteiger partial charge in [0.15, 0.2) is 0 Å². The average Bonchev–Trinajstić information content (AvgIpc) is 2.91. The molecule has 0 radical (unpaired) electrons. The van der Waals surface area contributed by atoms with E-state index in [1.165, 1.54) is 25.7 Å². The fraction of sp³-hybridized carbons (Fsp3) is 0.500. The Bertz CT molecular complexity index is 648. The van der Waals surface area contributed by atoms with E-state index in [-0.39, 0.29) is 12.0 Å². The van der Waals surface area contributed by atoms with Gasteiger partial charge in [-0.15, -0.1) is 10.2 Å². The summed E-state index contributed by atoms with van der Waals surface area (Å²) in [5, 5.41) is 10.7. The van der Waals surface area contributed by atoms with Gasteiger partial charge < -0.3 is 4.74 Å². The van der Waals surface area contributed by atoms with Gasteiger partial charge in [-0.25, -0.2) is 0 Å². The van der Waals surface area contributed by atoms with Crippen molar-refractivity contribution in [2.24, 2.45) is 0 Å². The molecule has 1 fully saturated rings. The van der Waals surface area contributed by atoms with E-state index in [2.05, 4.69) is 15.5 Å². The Morgan fingerprint density at radius 3 is 2.62 bits per heavy atom. The van der Waals surface area contributed by atoms with E-state index in [9.17, 15) is 4.79 Å². The summed E-state index contributed by atoms with van der Waals surface area (Å²) in [5.74, 6) is 0.215. The summed E-state index contributed by atoms with van der Waals surface area (Å²) < 4.78 is 7.70. The van der Waals surface area contributed by atoms with Crippen LogP contribution in [0.4, 0.5) is 5.95 Å². The van der Waals surface area contributed by atoms with Crippen molar-refractivity contribution in [1.82, 2.24) is 14.8 Å². The molecule has 0 unspecified atom stereocenters. The normalized spacial score (nSPS) is 17.2. The number of para-hydroxylation sites is 1. The van der Waals surface area contributed by atoms with Crippen molar-refractivity contribution in [2.45, 2.75) is 57.7 Å². The lowest BCUT2D eigenvalue weighted by Crippen LogP contribution is -2.32. The number of aromatic nitrogens is 3. The second-order valence-electron chi connectivity index (χ2n) is 6.24. The number of nitrogens with zero attached hydrogens (tertiary/aromatic N) is 3. The predicted molar refractivity (Wildman–Crippen MR) is 92.0 cm³/mol. The van der Waals surface area contributed by atoms with Gasteiger partial charge in [-0.2, -0.15) is 0 Å². The maximum Gasteiger partial charge on any atom is 0.255 e. The zero-order chi connectivity index (χ0) is 16.8. The van der Waals surface area contributed by atoms with Gasteiger partial charge >= 0.3 is 0 Å². The minimum Gasteiger partial charge on any atom is -0.365 e. The Morgan fingerprint density at radius 2 is 1.92 bits per heavy atom. The van der Waals surface area contributed by atoms with E-state index in [0.29, 0.717) is 5.95 Å². The smallest absolute Gasteiger partial charge is 0.255 e. The van der Waals surface area contributed by atoms with E-state index >= 15 is 0 Å². The predicted octanol–water partition coefficient (Wildman–Crippen LogP) is 3.33. The molecule has 1 saturated carbocycles. The van der Waals surface area contributed by atoms with Crippen LogP contribution in [0.15, 0.2) is 36.7 Å². The van der Waals surface area contributed by atoms with Crippen molar-refractivity contribution in [3.8, 4) is 5.69 Å². The molecule has 1 aromatic heterocycles. The Morgan fingerprint density at radius 1 is 1.21 bits per heavy atom. The van der Waals surface area contributed by atoms with Crippen molar-refractivity contribution < 1.29 is 9.53 Å². The number of rotatable bonds is 5. The summed E-state index contributed by atoms with van der Waals surface area (Å²) in [4.78, 5) is 12.4. The minimum absolute atomic E-state index is 0.181. The second kappa shape index (κ2) is 8.06. The summed E-state index contributed by atoms with van der Waals surface area (Å²) >= 11 is 0. The molecule has 6 nitrogen and oxygen atoms in total. The van der Waals surface area contributed by atoms with Crippen LogP contribution in [0.25, 0.3) is 5.69 Å². The second-order valence-corrected chi connectivity index (χ2v) is 6.24. The molecule has 3 rings (SSSR count). The molecule has 1 aliphatic rings. The van der Waals surface area contributed by atoms with E-state index in [1.54, 1.807) is 17.8 Å². The molecule has 1 amide bonds. The van der Waals surface area contributed by atoms with Crippen molar-refractivity contribution in [1.29, 1.82) is 0 Å². The van der Waals surface area contributed by atoms with Crippen molar-refractivity contribution in [3.05, 3.63) is 36.7 Å². The third-order valence-corrected chi connectivity index (χ3v) is 4.39. The molecule has 1 aliphatic carbocycles. The number of benzene rings is 1. The van der Waals surface area contributed by atoms with Gasteiger partial charge in [0, 0.05) is 0 Å². The first-order valence-corrected chi connectivity index (χ1v) is 8.66. The number of carbonyl (C=O) groups excluding carboxylic acids is 1. The third-order valence-electron chi connectivity index (χ3n) is 4.39. The number of hydrogen-bond acceptors (Lipinski definition) is 4. The number of nitrogens with one attached hydrogen (secondary N) is 1. The molecule has 0 spiro atoms. The molecule has 6 heteroatoms. The highest BCUT2D eigenvalue weighted by molar-refractivity contribution is 5.92. The summed E-state index contributed by atoms with van der Waals surface area (Å²) in [6.45, 7) is 1.80. The van der Waals surface area contributed by atoms with Gasteiger partial charge in [-0.1, -0.05) is 43.9 Å². The number of hydrogen-bond donors (Lipinski definition) is 1. The van der Waals surface area contributed by atoms with Crippen LogP contribution >= 0.6 is 0 Å². The highest BCUT2D eigenvalue weighted by Crippen LogP contribution is 2.21. The van der Waals surface area contributed by atoms with Crippen LogP contribution in [0.3, 0.4) is 0 Å². The van der Waals surface area contributed by atoms with Gasteiger partial charge in [0.2, 0.25) is 5.95 Å². The molecule has 24 heavy (non-hydrogen) atoms. The first-order valence-electron chi connectivity index (χ1n) is 8.66. The summed E-state index contributed by atoms with van der Waals surface area (Å²) in [6.07, 6.45) is 8.23. The maximum absolute atomic E-state index is 12.4. The Labute approximate surface area is 142 Å². The van der Waals surface area contributed by atoms with E-state index in [1.807, 2.05) is 30.3 Å². The third kappa shape index (κ3) is 4.20. The Kier molecular flexibility index (Phi) is 5.59. The molecule has 1 aromatic carbocycles. The molecule has 0 bridgehead atoms. The lowest BCUT2D eigenvalue weighted by atomic mass is 10.1. The highest BCUT2D eigenvalue weighted by Gasteiger charge is 2.22. The van der Waals surface area contributed by atoms with E-state index in [0.717, 1.165) is 18.5 Å². The van der Waals surface area contributed by atoms with Crippen LogP contribution in [0.5, 0.6) is 0 Å². The number of ether oxygens (including phenoxy) is 1. The van der Waals surface area contributed by atoms with Crippen LogP contribution in [0.2, 0.25) is 0 Å². The molecular formula is C18H24N4O2. The van der Waals surface area contributed by atoms with Crippen LogP contribution in [-0.4, -0.2) is 32.9 Å². The SMILES string of the molecule is C[C@@H](OC1CCCCCC1)C(=O)Nc1nncn1-c1ccccc1. The van der Waals surface area contributed by atoms with Gasteiger partial charge in [-0.3, -0.25) is 14.7 Å². The molecule has 1 atom stereocenters. The molecule has 2 aromatic rings. The lowest BCUT2D eigenvalue weighted by molar-refractivity contribution is -0.130. The first kappa shape index (κ1) is 16.6. The first-order chi connectivity index (χ1) is 11.7. The lowest BCUT2D eigenvalue weighted by Gasteiger charge is -2.20. The van der Waals surface area contributed by atoms with Crippen molar-refractivity contribution >= 4 is 11.9 Å². The minimum atomic E-state index is -0.506. The van der Waals surface area contributed by atoms with Gasteiger partial charge in [-0.05, 0) is 31.9 Å². The van der Waals surface area contributed by atoms with E-state index < -0.39 is 6.10 Å². The van der Waals surface area contributed by atoms with Gasteiger partial charge in [0.25, 0.3) is 5.91 Å². The Hall–Kier alpha value is -2.21. The van der Waals surface area contributed by atoms with Crippen LogP contribution in [-0.2, 0) is 9.53 Å². The molecule has 128 valence electrons. The summed E-state index contributed by atoms with van der Waals surface area (Å²) in [7, 11) is 0. The zero-order valence-corrected chi connectivity index (χ0v) is 14.0. The summed E-state index contributed by atoms with van der Waals surface area (Å²) in [6, 6.07) is 9.67. The monoisotopic (exact) mass is 328 g/mol. The molecule has 0 saturated heterocycles. The van der Waals surface area contributed by atoms with Gasteiger partial charge in [0.05, 0.1) is 11.8 Å². The van der Waals surface area contributed by atoms with Crippen molar-refractivity contribution in [2.75, 3.05) is 5.32 Å². The fourth-order valence-corrected chi connectivity index (χ4v) is 3.04. The largest absolute Gasteiger partial charge is 0.365 e. The molecule has 1 heterocycles. The van der Waals surface area contributed by atoms with Crippen molar-refractivity contribution in [3.63, 3.8) is 0 Å². The Balaban J connectivity index is 1.61. The number of amides is 1. The average molecular weight is 328 g/mol. The highest BCUT2D eigenvalue weighted by atomic mass is 16.5. The topological polar surface area (TPSA) is 69.0 Å². The van der Waals surface area contributed by atoms with E-state index in [4.69, 9.17) is 4.74 Å². The number of carbonyl (C=O) groups is 1. The van der Waals surface area contributed by atoms with Crippen LogP contribution in [0.1, 0.15) is 45.4 Å². The molecule has 0 aliphatic heterocycles. The fourth-order valence-electron chi connectivity index (χ4n) is 3.04.